The van der Waals surface area contributed by atoms with E-state index in [1.165, 1.54) is 19.3 Å². The van der Waals surface area contributed by atoms with Crippen molar-refractivity contribution in [2.45, 2.75) is 32.3 Å². The normalized spacial score (nSPS) is 16.7. The first-order valence-corrected chi connectivity index (χ1v) is 8.88. The molecule has 2 aromatic rings. The van der Waals surface area contributed by atoms with Crippen molar-refractivity contribution in [3.63, 3.8) is 0 Å². The van der Waals surface area contributed by atoms with Gasteiger partial charge in [-0.25, -0.2) is 0 Å². The molecular formula is C20H26N2O2. The number of carbonyl (C=O) groups is 1. The van der Waals surface area contributed by atoms with E-state index in [0.29, 0.717) is 6.54 Å². The van der Waals surface area contributed by atoms with E-state index >= 15 is 0 Å². The van der Waals surface area contributed by atoms with E-state index in [9.17, 15) is 4.79 Å². The second-order valence-corrected chi connectivity index (χ2v) is 6.43. The van der Waals surface area contributed by atoms with Crippen molar-refractivity contribution in [1.29, 1.82) is 0 Å². The minimum absolute atomic E-state index is 0.0556. The molecule has 1 unspecified atom stereocenters. The average Bonchev–Trinajstić information content (AvgIpc) is 2.63. The summed E-state index contributed by atoms with van der Waals surface area (Å²) in [6.07, 6.45) is 3.37. The first-order valence-electron chi connectivity index (χ1n) is 8.88. The topological polar surface area (TPSA) is 41.6 Å². The summed E-state index contributed by atoms with van der Waals surface area (Å²) < 4.78 is 5.91. The third kappa shape index (κ3) is 4.26. The molecule has 4 heteroatoms. The highest BCUT2D eigenvalue weighted by atomic mass is 16.5. The van der Waals surface area contributed by atoms with Crippen molar-refractivity contribution in [2.75, 3.05) is 26.2 Å². The van der Waals surface area contributed by atoms with Crippen LogP contribution < -0.4 is 10.1 Å². The molecule has 1 fully saturated rings. The van der Waals surface area contributed by atoms with E-state index in [0.717, 1.165) is 36.2 Å². The third-order valence-corrected chi connectivity index (χ3v) is 4.60. The fourth-order valence-electron chi connectivity index (χ4n) is 3.21. The maximum Gasteiger partial charge on any atom is 0.260 e. The molecular weight excluding hydrogens is 300 g/mol. The van der Waals surface area contributed by atoms with Crippen LogP contribution in [0.1, 0.15) is 26.2 Å². The molecule has 0 aromatic heterocycles. The summed E-state index contributed by atoms with van der Waals surface area (Å²) in [6.45, 7) is 5.71. The van der Waals surface area contributed by atoms with Gasteiger partial charge in [0, 0.05) is 18.5 Å². The van der Waals surface area contributed by atoms with Gasteiger partial charge in [0.1, 0.15) is 5.75 Å². The van der Waals surface area contributed by atoms with E-state index in [4.69, 9.17) is 4.74 Å². The lowest BCUT2D eigenvalue weighted by Gasteiger charge is -2.26. The van der Waals surface area contributed by atoms with E-state index in [1.54, 1.807) is 6.92 Å². The van der Waals surface area contributed by atoms with Crippen LogP contribution in [0.4, 0.5) is 0 Å². The molecule has 1 N–H and O–H groups in total. The van der Waals surface area contributed by atoms with Crippen LogP contribution in [-0.2, 0) is 4.79 Å². The molecule has 0 bridgehead atoms. The Balaban J connectivity index is 1.51. The number of carbonyl (C=O) groups excluding carboxylic acids is 1. The lowest BCUT2D eigenvalue weighted by atomic mass is 10.1. The number of hydrogen-bond acceptors (Lipinski definition) is 3. The van der Waals surface area contributed by atoms with Gasteiger partial charge >= 0.3 is 0 Å². The Morgan fingerprint density at radius 2 is 1.88 bits per heavy atom. The standard InChI is InChI=1S/C20H26N2O2/c1-16(20(23)21-12-15-22-13-5-2-6-14-22)24-19-11-7-9-17-8-3-4-10-18(17)19/h3-4,7-11,16H,2,5-6,12-15H2,1H3,(H,21,23). The molecule has 4 nitrogen and oxygen atoms in total. The van der Waals surface area contributed by atoms with Crippen LogP contribution in [0.25, 0.3) is 10.8 Å². The Morgan fingerprint density at radius 3 is 2.71 bits per heavy atom. The van der Waals surface area contributed by atoms with Crippen LogP contribution in [0.3, 0.4) is 0 Å². The lowest BCUT2D eigenvalue weighted by molar-refractivity contribution is -0.127. The van der Waals surface area contributed by atoms with Crippen molar-refractivity contribution >= 4 is 16.7 Å². The fraction of sp³-hybridized carbons (Fsp3) is 0.450. The first kappa shape index (κ1) is 16.8. The molecule has 3 rings (SSSR count). The molecule has 0 aliphatic carbocycles. The van der Waals surface area contributed by atoms with Gasteiger partial charge in [-0.15, -0.1) is 0 Å². The van der Waals surface area contributed by atoms with Gasteiger partial charge in [-0.1, -0.05) is 42.8 Å². The molecule has 1 aliphatic heterocycles. The number of fused-ring (bicyclic) bond motifs is 1. The number of benzene rings is 2. The number of piperidine rings is 1. The Morgan fingerprint density at radius 1 is 1.12 bits per heavy atom. The van der Waals surface area contributed by atoms with Crippen molar-refractivity contribution < 1.29 is 9.53 Å². The third-order valence-electron chi connectivity index (χ3n) is 4.60. The summed E-state index contributed by atoms with van der Waals surface area (Å²) in [5, 5.41) is 5.15. The summed E-state index contributed by atoms with van der Waals surface area (Å²) in [4.78, 5) is 14.7. The fourth-order valence-corrected chi connectivity index (χ4v) is 3.21. The zero-order valence-corrected chi connectivity index (χ0v) is 14.3. The highest BCUT2D eigenvalue weighted by Crippen LogP contribution is 2.25. The SMILES string of the molecule is CC(Oc1cccc2ccccc12)C(=O)NCCN1CCCCC1. The predicted octanol–water partition coefficient (Wildman–Crippen LogP) is 3.21. The number of ether oxygens (including phenoxy) is 1. The van der Waals surface area contributed by atoms with Crippen LogP contribution in [0.5, 0.6) is 5.75 Å². The van der Waals surface area contributed by atoms with Gasteiger partial charge in [-0.3, -0.25) is 4.79 Å². The van der Waals surface area contributed by atoms with Gasteiger partial charge < -0.3 is 15.0 Å². The lowest BCUT2D eigenvalue weighted by Crippen LogP contribution is -2.42. The van der Waals surface area contributed by atoms with Crippen LogP contribution in [-0.4, -0.2) is 43.1 Å². The minimum Gasteiger partial charge on any atom is -0.480 e. The second-order valence-electron chi connectivity index (χ2n) is 6.43. The van der Waals surface area contributed by atoms with Crippen LogP contribution >= 0.6 is 0 Å². The summed E-state index contributed by atoms with van der Waals surface area (Å²) in [7, 11) is 0. The van der Waals surface area contributed by atoms with Gasteiger partial charge in [-0.05, 0) is 44.3 Å². The molecule has 0 radical (unpaired) electrons. The maximum absolute atomic E-state index is 12.3. The maximum atomic E-state index is 12.3. The minimum atomic E-state index is -0.503. The van der Waals surface area contributed by atoms with Gasteiger partial charge in [0.15, 0.2) is 6.10 Å². The Kier molecular flexibility index (Phi) is 5.70. The molecule has 1 aliphatic rings. The van der Waals surface area contributed by atoms with Gasteiger partial charge in [0.2, 0.25) is 0 Å². The van der Waals surface area contributed by atoms with Crippen LogP contribution in [0.2, 0.25) is 0 Å². The summed E-state index contributed by atoms with van der Waals surface area (Å²) >= 11 is 0. The quantitative estimate of drug-likeness (QED) is 0.886. The van der Waals surface area contributed by atoms with Gasteiger partial charge in [-0.2, -0.15) is 0 Å². The number of amides is 1. The summed E-state index contributed by atoms with van der Waals surface area (Å²) in [5.41, 5.74) is 0. The molecule has 0 spiro atoms. The Hall–Kier alpha value is -2.07. The summed E-state index contributed by atoms with van der Waals surface area (Å²) in [6, 6.07) is 14.0. The molecule has 1 heterocycles. The largest absolute Gasteiger partial charge is 0.480 e. The number of hydrogen-bond donors (Lipinski definition) is 1. The van der Waals surface area contributed by atoms with E-state index in [1.807, 2.05) is 42.5 Å². The number of nitrogens with zero attached hydrogens (tertiary/aromatic N) is 1. The monoisotopic (exact) mass is 326 g/mol. The van der Waals surface area contributed by atoms with Gasteiger partial charge in [0.05, 0.1) is 0 Å². The van der Waals surface area contributed by atoms with E-state index in [-0.39, 0.29) is 5.91 Å². The molecule has 1 atom stereocenters. The average molecular weight is 326 g/mol. The number of rotatable bonds is 6. The van der Waals surface area contributed by atoms with Crippen LogP contribution in [0.15, 0.2) is 42.5 Å². The highest BCUT2D eigenvalue weighted by Gasteiger charge is 2.16. The second kappa shape index (κ2) is 8.15. The molecule has 0 saturated carbocycles. The molecule has 1 saturated heterocycles. The van der Waals surface area contributed by atoms with Crippen LogP contribution in [0, 0.1) is 0 Å². The molecule has 1 amide bonds. The van der Waals surface area contributed by atoms with E-state index in [2.05, 4.69) is 10.2 Å². The highest BCUT2D eigenvalue weighted by molar-refractivity contribution is 5.89. The Labute approximate surface area is 143 Å². The van der Waals surface area contributed by atoms with Crippen molar-refractivity contribution in [2.24, 2.45) is 0 Å². The van der Waals surface area contributed by atoms with Gasteiger partial charge in [0.25, 0.3) is 5.91 Å². The van der Waals surface area contributed by atoms with E-state index < -0.39 is 6.10 Å². The van der Waals surface area contributed by atoms with Crippen molar-refractivity contribution in [1.82, 2.24) is 10.2 Å². The molecule has 2 aromatic carbocycles. The number of nitrogens with one attached hydrogen (secondary N) is 1. The summed E-state index contributed by atoms with van der Waals surface area (Å²) in [5.74, 6) is 0.701. The zero-order chi connectivity index (χ0) is 16.8. The zero-order valence-electron chi connectivity index (χ0n) is 14.3. The predicted molar refractivity (Wildman–Crippen MR) is 97.3 cm³/mol. The number of likely N-dealkylation sites (tertiary alicyclic amines) is 1. The van der Waals surface area contributed by atoms with Crippen molar-refractivity contribution in [3.8, 4) is 5.75 Å². The molecule has 24 heavy (non-hydrogen) atoms. The molecule has 128 valence electrons. The first-order chi connectivity index (χ1) is 11.7. The Bertz CT molecular complexity index is 675. The van der Waals surface area contributed by atoms with Crippen molar-refractivity contribution in [3.05, 3.63) is 42.5 Å². The smallest absolute Gasteiger partial charge is 0.260 e.